The summed E-state index contributed by atoms with van der Waals surface area (Å²) in [5.74, 6) is 0. The fraction of sp³-hybridized carbons (Fsp3) is 0. The standard InChI is InChI=1S/C13H7N3S/c14-7-9-2-1-3-10(6-9)12-5-4-11(8-15)13(17)16-12/h1-6H,(H,16,17). The van der Waals surface area contributed by atoms with E-state index in [4.69, 9.17) is 22.7 Å². The minimum absolute atomic E-state index is 0.410. The molecule has 4 heteroatoms. The van der Waals surface area contributed by atoms with Gasteiger partial charge in [-0.2, -0.15) is 10.5 Å². The summed E-state index contributed by atoms with van der Waals surface area (Å²) >= 11 is 5.06. The lowest BCUT2D eigenvalue weighted by atomic mass is 10.1. The van der Waals surface area contributed by atoms with Crippen LogP contribution < -0.4 is 0 Å². The number of nitrogens with zero attached hydrogens (tertiary/aromatic N) is 2. The van der Waals surface area contributed by atoms with E-state index in [1.165, 1.54) is 0 Å². The third kappa shape index (κ3) is 2.23. The fourth-order valence-electron chi connectivity index (χ4n) is 1.49. The van der Waals surface area contributed by atoms with Crippen LogP contribution in [0.4, 0.5) is 0 Å². The van der Waals surface area contributed by atoms with Gasteiger partial charge in [0.25, 0.3) is 0 Å². The van der Waals surface area contributed by atoms with E-state index >= 15 is 0 Å². The van der Waals surface area contributed by atoms with Gasteiger partial charge in [-0.1, -0.05) is 24.4 Å². The Bertz CT molecular complexity index is 702. The molecular formula is C13H7N3S. The number of aromatic amines is 1. The molecule has 0 aliphatic rings. The van der Waals surface area contributed by atoms with Gasteiger partial charge in [0, 0.05) is 5.69 Å². The quantitative estimate of drug-likeness (QED) is 0.775. The van der Waals surface area contributed by atoms with Crippen molar-refractivity contribution in [2.75, 3.05) is 0 Å². The van der Waals surface area contributed by atoms with Crippen LogP contribution in [0, 0.1) is 27.3 Å². The molecule has 1 heterocycles. The van der Waals surface area contributed by atoms with Crippen LogP contribution in [0.1, 0.15) is 11.1 Å². The van der Waals surface area contributed by atoms with E-state index in [0.717, 1.165) is 11.3 Å². The van der Waals surface area contributed by atoms with Crippen molar-refractivity contribution in [1.82, 2.24) is 4.98 Å². The van der Waals surface area contributed by atoms with Crippen molar-refractivity contribution < 1.29 is 0 Å². The molecule has 17 heavy (non-hydrogen) atoms. The number of nitrogens with one attached hydrogen (secondary N) is 1. The molecule has 1 aromatic heterocycles. The average molecular weight is 237 g/mol. The first-order valence-corrected chi connectivity index (χ1v) is 5.29. The van der Waals surface area contributed by atoms with Crippen LogP contribution in [0.2, 0.25) is 0 Å². The highest BCUT2D eigenvalue weighted by Crippen LogP contribution is 2.18. The molecule has 0 unspecified atom stereocenters. The van der Waals surface area contributed by atoms with Crippen LogP contribution >= 0.6 is 12.2 Å². The Morgan fingerprint density at radius 2 is 1.88 bits per heavy atom. The van der Waals surface area contributed by atoms with Gasteiger partial charge >= 0.3 is 0 Å². The monoisotopic (exact) mass is 237 g/mol. The molecule has 0 aliphatic heterocycles. The summed E-state index contributed by atoms with van der Waals surface area (Å²) in [5, 5.41) is 17.6. The maximum Gasteiger partial charge on any atom is 0.121 e. The highest BCUT2D eigenvalue weighted by Gasteiger charge is 2.01. The van der Waals surface area contributed by atoms with Gasteiger partial charge in [-0.25, -0.2) is 0 Å². The van der Waals surface area contributed by atoms with Gasteiger partial charge < -0.3 is 4.98 Å². The third-order valence-electron chi connectivity index (χ3n) is 2.33. The Kier molecular flexibility index (Phi) is 3.00. The van der Waals surface area contributed by atoms with Gasteiger partial charge in [0.05, 0.1) is 17.2 Å². The number of H-pyrrole nitrogens is 1. The van der Waals surface area contributed by atoms with Crippen molar-refractivity contribution in [2.45, 2.75) is 0 Å². The van der Waals surface area contributed by atoms with E-state index in [2.05, 4.69) is 11.1 Å². The van der Waals surface area contributed by atoms with Crippen LogP contribution in [0.3, 0.4) is 0 Å². The van der Waals surface area contributed by atoms with Gasteiger partial charge in [0.2, 0.25) is 0 Å². The number of pyridine rings is 1. The van der Waals surface area contributed by atoms with Crippen molar-refractivity contribution in [3.05, 3.63) is 52.2 Å². The zero-order valence-electron chi connectivity index (χ0n) is 8.77. The van der Waals surface area contributed by atoms with Gasteiger partial charge in [0.15, 0.2) is 0 Å². The van der Waals surface area contributed by atoms with Crippen molar-refractivity contribution in [2.24, 2.45) is 0 Å². The molecule has 0 atom stereocenters. The molecule has 0 fully saturated rings. The van der Waals surface area contributed by atoms with E-state index in [0.29, 0.717) is 15.8 Å². The molecule has 0 bridgehead atoms. The van der Waals surface area contributed by atoms with Crippen LogP contribution in [-0.2, 0) is 0 Å². The predicted octanol–water partition coefficient (Wildman–Crippen LogP) is 3.15. The molecule has 0 spiro atoms. The molecule has 2 rings (SSSR count). The average Bonchev–Trinajstić information content (AvgIpc) is 2.38. The Hall–Kier alpha value is -2.43. The van der Waals surface area contributed by atoms with E-state index in [9.17, 15) is 0 Å². The highest BCUT2D eigenvalue weighted by molar-refractivity contribution is 7.71. The van der Waals surface area contributed by atoms with Crippen molar-refractivity contribution in [3.8, 4) is 23.4 Å². The van der Waals surface area contributed by atoms with E-state index < -0.39 is 0 Å². The van der Waals surface area contributed by atoms with Gasteiger partial charge in [-0.15, -0.1) is 0 Å². The second kappa shape index (κ2) is 4.61. The number of nitriles is 2. The summed E-state index contributed by atoms with van der Waals surface area (Å²) in [6, 6.07) is 14.7. The molecule has 0 saturated carbocycles. The van der Waals surface area contributed by atoms with Crippen molar-refractivity contribution >= 4 is 12.2 Å². The van der Waals surface area contributed by atoms with Gasteiger partial charge in [-0.05, 0) is 29.8 Å². The number of hydrogen-bond acceptors (Lipinski definition) is 3. The molecule has 0 saturated heterocycles. The molecule has 1 aromatic carbocycles. The second-order valence-electron chi connectivity index (χ2n) is 3.42. The number of rotatable bonds is 1. The predicted molar refractivity (Wildman–Crippen MR) is 66.5 cm³/mol. The van der Waals surface area contributed by atoms with Crippen LogP contribution in [0.15, 0.2) is 36.4 Å². The maximum atomic E-state index is 8.82. The lowest BCUT2D eigenvalue weighted by Gasteiger charge is -2.02. The second-order valence-corrected chi connectivity index (χ2v) is 3.83. The molecule has 80 valence electrons. The van der Waals surface area contributed by atoms with Crippen molar-refractivity contribution in [1.29, 1.82) is 10.5 Å². The largest absolute Gasteiger partial charge is 0.345 e. The Labute approximate surface area is 104 Å². The van der Waals surface area contributed by atoms with Crippen molar-refractivity contribution in [3.63, 3.8) is 0 Å². The SMILES string of the molecule is N#Cc1cccc(-c2ccc(C#N)c(=S)[nH]2)c1. The summed E-state index contributed by atoms with van der Waals surface area (Å²) in [4.78, 5) is 2.98. The minimum Gasteiger partial charge on any atom is -0.345 e. The summed E-state index contributed by atoms with van der Waals surface area (Å²) in [7, 11) is 0. The molecule has 3 nitrogen and oxygen atoms in total. The first kappa shape index (κ1) is 11.1. The van der Waals surface area contributed by atoms with Crippen LogP contribution in [0.5, 0.6) is 0 Å². The van der Waals surface area contributed by atoms with Crippen LogP contribution in [-0.4, -0.2) is 4.98 Å². The molecule has 0 radical (unpaired) electrons. The van der Waals surface area contributed by atoms with E-state index in [1.54, 1.807) is 24.3 Å². The van der Waals surface area contributed by atoms with E-state index in [1.807, 2.05) is 18.2 Å². The Morgan fingerprint density at radius 3 is 2.53 bits per heavy atom. The fourth-order valence-corrected chi connectivity index (χ4v) is 1.71. The highest BCUT2D eigenvalue weighted by atomic mass is 32.1. The summed E-state index contributed by atoms with van der Waals surface area (Å²) in [5.41, 5.74) is 2.71. The topological polar surface area (TPSA) is 63.4 Å². The summed E-state index contributed by atoms with van der Waals surface area (Å²) in [6.07, 6.45) is 0. The Balaban J connectivity index is 2.55. The Morgan fingerprint density at radius 1 is 1.06 bits per heavy atom. The lowest BCUT2D eigenvalue weighted by molar-refractivity contribution is 1.27. The molecule has 2 aromatic rings. The normalized spacial score (nSPS) is 9.29. The first-order valence-electron chi connectivity index (χ1n) is 4.88. The van der Waals surface area contributed by atoms with Gasteiger partial charge in [0.1, 0.15) is 10.7 Å². The molecule has 1 N–H and O–H groups in total. The first-order chi connectivity index (χ1) is 8.24. The smallest absolute Gasteiger partial charge is 0.121 e. The minimum atomic E-state index is 0.410. The molecular weight excluding hydrogens is 230 g/mol. The number of aromatic nitrogens is 1. The maximum absolute atomic E-state index is 8.82. The third-order valence-corrected chi connectivity index (χ3v) is 2.65. The summed E-state index contributed by atoms with van der Waals surface area (Å²) < 4.78 is 0.410. The molecule has 0 amide bonds. The summed E-state index contributed by atoms with van der Waals surface area (Å²) in [6.45, 7) is 0. The van der Waals surface area contributed by atoms with E-state index in [-0.39, 0.29) is 0 Å². The zero-order valence-corrected chi connectivity index (χ0v) is 9.58. The van der Waals surface area contributed by atoms with Crippen LogP contribution in [0.25, 0.3) is 11.3 Å². The van der Waals surface area contributed by atoms with Gasteiger partial charge in [-0.3, -0.25) is 0 Å². The zero-order chi connectivity index (χ0) is 12.3. The number of hydrogen-bond donors (Lipinski definition) is 1. The lowest BCUT2D eigenvalue weighted by Crippen LogP contribution is -1.87. The molecule has 0 aliphatic carbocycles. The number of benzene rings is 1.